The second-order valence-electron chi connectivity index (χ2n) is 9.59. The van der Waals surface area contributed by atoms with Crippen LogP contribution in [-0.4, -0.2) is 21.6 Å². The minimum atomic E-state index is -4.54. The first-order chi connectivity index (χ1) is 15.5. The van der Waals surface area contributed by atoms with Crippen LogP contribution in [0.25, 0.3) is 0 Å². The molecule has 0 bridgehead atoms. The molecule has 33 heavy (non-hydrogen) atoms. The van der Waals surface area contributed by atoms with E-state index in [2.05, 4.69) is 42.1 Å². The van der Waals surface area contributed by atoms with Gasteiger partial charge in [0.15, 0.2) is 10.9 Å². The van der Waals surface area contributed by atoms with Crippen molar-refractivity contribution in [3.63, 3.8) is 0 Å². The van der Waals surface area contributed by atoms with E-state index in [1.807, 2.05) is 0 Å². The number of aryl methyl sites for hydroxylation is 1. The number of rotatable bonds is 4. The number of hydrogen-bond donors (Lipinski definition) is 1. The Labute approximate surface area is 199 Å². The fourth-order valence-electron chi connectivity index (χ4n) is 4.53. The van der Waals surface area contributed by atoms with E-state index in [9.17, 15) is 23.2 Å². The molecule has 0 aromatic carbocycles. The number of fused-ring (bicyclic) bond motifs is 2. The SMILES string of the molecule is CC(C)(C)[C@H]1CCc2c(sc(NC(=O)CSc3nc4c(c(C(F)(F)F)n3)CCC4)c2C#N)C1. The predicted octanol–water partition coefficient (Wildman–Crippen LogP) is 5.80. The molecule has 0 saturated carbocycles. The van der Waals surface area contributed by atoms with Crippen LogP contribution in [0.4, 0.5) is 18.2 Å². The van der Waals surface area contributed by atoms with Crippen LogP contribution in [0, 0.1) is 22.7 Å². The number of nitrogens with one attached hydrogen (secondary N) is 1. The third-order valence-electron chi connectivity index (χ3n) is 6.37. The topological polar surface area (TPSA) is 78.7 Å². The van der Waals surface area contributed by atoms with Gasteiger partial charge in [0.25, 0.3) is 0 Å². The molecule has 4 rings (SSSR count). The molecule has 0 fully saturated rings. The number of hydrogen-bond acceptors (Lipinski definition) is 6. The van der Waals surface area contributed by atoms with Crippen LogP contribution < -0.4 is 5.32 Å². The fraction of sp³-hybridized carbons (Fsp3) is 0.565. The van der Waals surface area contributed by atoms with Gasteiger partial charge in [0, 0.05) is 16.1 Å². The van der Waals surface area contributed by atoms with Crippen LogP contribution >= 0.6 is 23.1 Å². The standard InChI is InChI=1S/C23H25F3N4OS2/c1-22(2,3)12-7-8-13-15(10-27)20(33-17(13)9-12)29-18(31)11-32-21-28-16-6-4-5-14(16)19(30-21)23(24,25)26/h12H,4-9,11H2,1-3H3,(H,29,31)/t12-/m0/s1. The van der Waals surface area contributed by atoms with Gasteiger partial charge in [0.1, 0.15) is 11.1 Å². The second-order valence-corrected chi connectivity index (χ2v) is 11.6. The van der Waals surface area contributed by atoms with E-state index in [1.165, 1.54) is 11.3 Å². The lowest BCUT2D eigenvalue weighted by Gasteiger charge is -2.33. The number of halogens is 3. The summed E-state index contributed by atoms with van der Waals surface area (Å²) in [5.74, 6) is -0.0112. The summed E-state index contributed by atoms with van der Waals surface area (Å²) >= 11 is 2.32. The number of aromatic nitrogens is 2. The quantitative estimate of drug-likeness (QED) is 0.429. The van der Waals surface area contributed by atoms with Crippen LogP contribution in [0.5, 0.6) is 0 Å². The lowest BCUT2D eigenvalue weighted by Crippen LogP contribution is -2.26. The van der Waals surface area contributed by atoms with Gasteiger partial charge < -0.3 is 5.32 Å². The van der Waals surface area contributed by atoms with Gasteiger partial charge in [-0.1, -0.05) is 32.5 Å². The highest BCUT2D eigenvalue weighted by Gasteiger charge is 2.38. The van der Waals surface area contributed by atoms with Crippen LogP contribution in [0.2, 0.25) is 0 Å². The third-order valence-corrected chi connectivity index (χ3v) is 8.39. The normalized spacial score (nSPS) is 17.9. The maximum Gasteiger partial charge on any atom is 0.433 e. The molecule has 1 N–H and O–H groups in total. The largest absolute Gasteiger partial charge is 0.433 e. The summed E-state index contributed by atoms with van der Waals surface area (Å²) in [5, 5.41) is 13.0. The van der Waals surface area contributed by atoms with Crippen molar-refractivity contribution in [3.8, 4) is 6.07 Å². The van der Waals surface area contributed by atoms with E-state index in [1.54, 1.807) is 0 Å². The Morgan fingerprint density at radius 2 is 1.97 bits per heavy atom. The maximum atomic E-state index is 13.4. The van der Waals surface area contributed by atoms with Crippen molar-refractivity contribution in [3.05, 3.63) is 33.0 Å². The summed E-state index contributed by atoms with van der Waals surface area (Å²) in [6, 6.07) is 2.23. The Morgan fingerprint density at radius 1 is 1.21 bits per heavy atom. The van der Waals surface area contributed by atoms with Crippen molar-refractivity contribution in [2.45, 2.75) is 70.6 Å². The Morgan fingerprint density at radius 3 is 2.64 bits per heavy atom. The minimum Gasteiger partial charge on any atom is -0.316 e. The summed E-state index contributed by atoms with van der Waals surface area (Å²) in [6.07, 6.45) is -0.414. The average Bonchev–Trinajstić information content (AvgIpc) is 3.33. The number of nitrogens with zero attached hydrogens (tertiary/aromatic N) is 3. The zero-order valence-corrected chi connectivity index (χ0v) is 20.4. The van der Waals surface area contributed by atoms with Crippen molar-refractivity contribution >= 4 is 34.0 Å². The number of thioether (sulfide) groups is 1. The fourth-order valence-corrected chi connectivity index (χ4v) is 6.49. The van der Waals surface area contributed by atoms with Crippen LogP contribution in [-0.2, 0) is 36.7 Å². The van der Waals surface area contributed by atoms with Gasteiger partial charge in [-0.05, 0) is 55.4 Å². The molecule has 0 aliphatic heterocycles. The van der Waals surface area contributed by atoms with Gasteiger partial charge in [-0.15, -0.1) is 11.3 Å². The third kappa shape index (κ3) is 5.04. The number of thiophene rings is 1. The van der Waals surface area contributed by atoms with E-state index in [4.69, 9.17) is 0 Å². The molecule has 10 heteroatoms. The number of anilines is 1. The summed E-state index contributed by atoms with van der Waals surface area (Å²) in [4.78, 5) is 21.7. The van der Waals surface area contributed by atoms with E-state index in [0.29, 0.717) is 41.4 Å². The van der Waals surface area contributed by atoms with Crippen LogP contribution in [0.3, 0.4) is 0 Å². The van der Waals surface area contributed by atoms with Gasteiger partial charge in [-0.25, -0.2) is 9.97 Å². The number of nitriles is 1. The summed E-state index contributed by atoms with van der Waals surface area (Å²) < 4.78 is 40.2. The Balaban J connectivity index is 1.47. The molecule has 2 heterocycles. The molecule has 1 amide bonds. The van der Waals surface area contributed by atoms with Crippen molar-refractivity contribution < 1.29 is 18.0 Å². The molecule has 0 unspecified atom stereocenters. The Kier molecular flexibility index (Phi) is 6.49. The number of carbonyl (C=O) groups is 1. The highest BCUT2D eigenvalue weighted by molar-refractivity contribution is 7.99. The van der Waals surface area contributed by atoms with E-state index >= 15 is 0 Å². The lowest BCUT2D eigenvalue weighted by atomic mass is 9.72. The first kappa shape index (κ1) is 24.0. The zero-order chi connectivity index (χ0) is 24.0. The molecule has 176 valence electrons. The molecule has 2 aliphatic rings. The van der Waals surface area contributed by atoms with Crippen LogP contribution in [0.15, 0.2) is 5.16 Å². The van der Waals surface area contributed by atoms with Crippen molar-refractivity contribution in [2.75, 3.05) is 11.1 Å². The summed E-state index contributed by atoms with van der Waals surface area (Å²) in [7, 11) is 0. The monoisotopic (exact) mass is 494 g/mol. The van der Waals surface area contributed by atoms with Crippen molar-refractivity contribution in [1.29, 1.82) is 5.26 Å². The molecule has 5 nitrogen and oxygen atoms in total. The van der Waals surface area contributed by atoms with Crippen LogP contribution in [0.1, 0.15) is 66.6 Å². The molecule has 2 aromatic rings. The Hall–Kier alpha value is -2.12. The van der Waals surface area contributed by atoms with Gasteiger partial charge in [-0.3, -0.25) is 4.79 Å². The number of carbonyl (C=O) groups excluding carboxylic acids is 1. The van der Waals surface area contributed by atoms with E-state index in [0.717, 1.165) is 41.5 Å². The molecule has 0 radical (unpaired) electrons. The second kappa shape index (κ2) is 8.91. The number of amides is 1. The maximum absolute atomic E-state index is 13.4. The molecule has 2 aromatic heterocycles. The highest BCUT2D eigenvalue weighted by Crippen LogP contribution is 2.44. The lowest BCUT2D eigenvalue weighted by molar-refractivity contribution is -0.142. The zero-order valence-electron chi connectivity index (χ0n) is 18.7. The van der Waals surface area contributed by atoms with Gasteiger partial charge in [0.05, 0.1) is 11.3 Å². The van der Waals surface area contributed by atoms with Crippen molar-refractivity contribution in [1.82, 2.24) is 9.97 Å². The van der Waals surface area contributed by atoms with Gasteiger partial charge in [-0.2, -0.15) is 18.4 Å². The summed E-state index contributed by atoms with van der Waals surface area (Å²) in [6.45, 7) is 6.64. The van der Waals surface area contributed by atoms with Crippen molar-refractivity contribution in [2.24, 2.45) is 11.3 Å². The molecule has 0 spiro atoms. The smallest absolute Gasteiger partial charge is 0.316 e. The Bertz CT molecular complexity index is 1130. The van der Waals surface area contributed by atoms with Gasteiger partial charge >= 0.3 is 6.18 Å². The first-order valence-corrected chi connectivity index (χ1v) is 12.7. The van der Waals surface area contributed by atoms with Gasteiger partial charge in [0.2, 0.25) is 5.91 Å². The molecular formula is C23H25F3N4OS2. The predicted molar refractivity (Wildman–Crippen MR) is 122 cm³/mol. The highest BCUT2D eigenvalue weighted by atomic mass is 32.2. The van der Waals surface area contributed by atoms with E-state index in [-0.39, 0.29) is 27.8 Å². The number of alkyl halides is 3. The average molecular weight is 495 g/mol. The molecule has 2 aliphatic carbocycles. The molecule has 1 atom stereocenters. The molecule has 0 saturated heterocycles. The molecular weight excluding hydrogens is 469 g/mol. The first-order valence-electron chi connectivity index (χ1n) is 10.9. The minimum absolute atomic E-state index is 0.0443. The van der Waals surface area contributed by atoms with E-state index < -0.39 is 11.9 Å². The summed E-state index contributed by atoms with van der Waals surface area (Å²) in [5.41, 5.74) is 1.40.